The van der Waals surface area contributed by atoms with Crippen molar-refractivity contribution in [3.63, 3.8) is 0 Å². The molecule has 0 radical (unpaired) electrons. The summed E-state index contributed by atoms with van der Waals surface area (Å²) in [6.07, 6.45) is 4.83. The van der Waals surface area contributed by atoms with E-state index in [9.17, 15) is 9.59 Å². The van der Waals surface area contributed by atoms with Gasteiger partial charge in [0.05, 0.1) is 23.7 Å². The molecule has 1 fully saturated rings. The van der Waals surface area contributed by atoms with Crippen molar-refractivity contribution in [2.24, 2.45) is 0 Å². The highest BCUT2D eigenvalue weighted by atomic mass is 32.2. The monoisotopic (exact) mass is 484 g/mol. The molecule has 9 heteroatoms. The molecular weight excluding hydrogens is 460 g/mol. The summed E-state index contributed by atoms with van der Waals surface area (Å²) in [6.45, 7) is 1.24. The van der Waals surface area contributed by atoms with Crippen LogP contribution in [0.4, 0.5) is 11.4 Å². The molecule has 3 heterocycles. The molecule has 4 aromatic rings. The zero-order chi connectivity index (χ0) is 24.0. The van der Waals surface area contributed by atoms with Crippen molar-refractivity contribution < 1.29 is 9.59 Å². The van der Waals surface area contributed by atoms with E-state index >= 15 is 0 Å². The summed E-state index contributed by atoms with van der Waals surface area (Å²) < 4.78 is 2.00. The largest absolute Gasteiger partial charge is 0.324 e. The maximum absolute atomic E-state index is 12.9. The third-order valence-corrected chi connectivity index (χ3v) is 6.66. The van der Waals surface area contributed by atoms with Crippen LogP contribution in [-0.4, -0.2) is 43.9 Å². The van der Waals surface area contributed by atoms with Gasteiger partial charge in [0.1, 0.15) is 0 Å². The van der Waals surface area contributed by atoms with Crippen LogP contribution in [0.1, 0.15) is 18.4 Å². The van der Waals surface area contributed by atoms with Crippen molar-refractivity contribution >= 4 is 35.0 Å². The van der Waals surface area contributed by atoms with Gasteiger partial charge in [-0.2, -0.15) is 0 Å². The lowest BCUT2D eigenvalue weighted by molar-refractivity contribution is -0.117. The van der Waals surface area contributed by atoms with E-state index < -0.39 is 0 Å². The van der Waals surface area contributed by atoms with E-state index in [1.54, 1.807) is 17.3 Å². The smallest absolute Gasteiger partial charge is 0.234 e. The SMILES string of the molecule is O=C(CSc1nnc(-c2cccnc2)n1Cc1ccccc1)Nc1ccccc1N1CCCC1=O. The van der Waals surface area contributed by atoms with Gasteiger partial charge in [-0.25, -0.2) is 0 Å². The van der Waals surface area contributed by atoms with Crippen LogP contribution in [-0.2, 0) is 16.1 Å². The Labute approximate surface area is 207 Å². The molecule has 35 heavy (non-hydrogen) atoms. The van der Waals surface area contributed by atoms with Crippen molar-refractivity contribution in [1.29, 1.82) is 0 Å². The zero-order valence-electron chi connectivity index (χ0n) is 19.0. The van der Waals surface area contributed by atoms with Gasteiger partial charge in [-0.3, -0.25) is 19.1 Å². The van der Waals surface area contributed by atoms with E-state index in [1.165, 1.54) is 11.8 Å². The van der Waals surface area contributed by atoms with Crippen LogP contribution in [0.3, 0.4) is 0 Å². The minimum Gasteiger partial charge on any atom is -0.324 e. The van der Waals surface area contributed by atoms with E-state index in [0.29, 0.717) is 36.2 Å². The van der Waals surface area contributed by atoms with Gasteiger partial charge in [-0.05, 0) is 36.2 Å². The molecule has 1 N–H and O–H groups in total. The number of nitrogens with one attached hydrogen (secondary N) is 1. The Morgan fingerprint density at radius 1 is 1.00 bits per heavy atom. The molecule has 0 saturated carbocycles. The average molecular weight is 485 g/mol. The fraction of sp³-hybridized carbons (Fsp3) is 0.192. The Kier molecular flexibility index (Phi) is 6.85. The van der Waals surface area contributed by atoms with E-state index in [4.69, 9.17) is 0 Å². The van der Waals surface area contributed by atoms with Crippen LogP contribution in [0.5, 0.6) is 0 Å². The van der Waals surface area contributed by atoms with Crippen molar-refractivity contribution in [1.82, 2.24) is 19.7 Å². The fourth-order valence-electron chi connectivity index (χ4n) is 4.05. The summed E-state index contributed by atoms with van der Waals surface area (Å²) in [5.74, 6) is 0.759. The summed E-state index contributed by atoms with van der Waals surface area (Å²) in [4.78, 5) is 31.0. The molecule has 0 bridgehead atoms. The number of nitrogens with zero attached hydrogens (tertiary/aromatic N) is 5. The molecule has 0 spiro atoms. The molecule has 2 amide bonds. The van der Waals surface area contributed by atoms with Crippen LogP contribution in [0, 0.1) is 0 Å². The number of rotatable bonds is 8. The van der Waals surface area contributed by atoms with Crippen molar-refractivity contribution in [2.75, 3.05) is 22.5 Å². The number of hydrogen-bond donors (Lipinski definition) is 1. The van der Waals surface area contributed by atoms with Gasteiger partial charge in [-0.1, -0.05) is 54.2 Å². The van der Waals surface area contributed by atoms with Crippen LogP contribution in [0.25, 0.3) is 11.4 Å². The summed E-state index contributed by atoms with van der Waals surface area (Å²) in [5.41, 5.74) is 3.33. The van der Waals surface area contributed by atoms with E-state index in [0.717, 1.165) is 23.2 Å². The highest BCUT2D eigenvalue weighted by molar-refractivity contribution is 7.99. The molecule has 2 aromatic carbocycles. The summed E-state index contributed by atoms with van der Waals surface area (Å²) in [5, 5.41) is 12.4. The second-order valence-corrected chi connectivity index (χ2v) is 9.07. The second-order valence-electron chi connectivity index (χ2n) is 8.12. The van der Waals surface area contributed by atoms with Gasteiger partial charge < -0.3 is 10.2 Å². The molecule has 2 aromatic heterocycles. The predicted molar refractivity (Wildman–Crippen MR) is 136 cm³/mol. The lowest BCUT2D eigenvalue weighted by Gasteiger charge is -2.19. The van der Waals surface area contributed by atoms with Gasteiger partial charge in [0.15, 0.2) is 11.0 Å². The zero-order valence-corrected chi connectivity index (χ0v) is 19.8. The number of benzene rings is 2. The minimum atomic E-state index is -0.175. The molecule has 8 nitrogen and oxygen atoms in total. The first-order valence-electron chi connectivity index (χ1n) is 11.4. The van der Waals surface area contributed by atoms with Crippen molar-refractivity contribution in [2.45, 2.75) is 24.5 Å². The standard InChI is InChI=1S/C26H24N6O2S/c33-23(28-21-11-4-5-12-22(21)31-15-7-13-24(31)34)18-35-26-30-29-25(20-10-6-14-27-16-20)32(26)17-19-8-2-1-3-9-19/h1-6,8-12,14,16H,7,13,15,17-18H2,(H,28,33). The number of carbonyl (C=O) groups is 2. The predicted octanol–water partition coefficient (Wildman–Crippen LogP) is 4.25. The molecule has 1 aliphatic heterocycles. The van der Waals surface area contributed by atoms with Crippen LogP contribution >= 0.6 is 11.8 Å². The van der Waals surface area contributed by atoms with Gasteiger partial charge in [-0.15, -0.1) is 10.2 Å². The quantitative estimate of drug-likeness (QED) is 0.376. The van der Waals surface area contributed by atoms with Crippen LogP contribution < -0.4 is 10.2 Å². The van der Waals surface area contributed by atoms with E-state index in [-0.39, 0.29) is 17.6 Å². The Morgan fingerprint density at radius 3 is 2.60 bits per heavy atom. The molecule has 0 aliphatic carbocycles. The number of thioether (sulfide) groups is 1. The molecule has 5 rings (SSSR count). The number of pyridine rings is 1. The summed E-state index contributed by atoms with van der Waals surface area (Å²) >= 11 is 1.32. The minimum absolute atomic E-state index is 0.0815. The third kappa shape index (κ3) is 5.25. The maximum atomic E-state index is 12.9. The Hall–Kier alpha value is -3.98. The van der Waals surface area contributed by atoms with Crippen LogP contribution in [0.15, 0.2) is 84.3 Å². The van der Waals surface area contributed by atoms with Gasteiger partial charge in [0.25, 0.3) is 0 Å². The molecular formula is C26H24N6O2S. The molecule has 1 saturated heterocycles. The number of aromatic nitrogens is 4. The number of amides is 2. The molecule has 0 atom stereocenters. The van der Waals surface area contributed by atoms with E-state index in [1.807, 2.05) is 71.3 Å². The second kappa shape index (κ2) is 10.5. The lowest BCUT2D eigenvalue weighted by atomic mass is 10.2. The summed E-state index contributed by atoms with van der Waals surface area (Å²) in [6, 6.07) is 21.3. The van der Waals surface area contributed by atoms with Gasteiger partial charge in [0.2, 0.25) is 11.8 Å². The molecule has 1 aliphatic rings. The Morgan fingerprint density at radius 2 is 1.83 bits per heavy atom. The number of carbonyl (C=O) groups excluding carboxylic acids is 2. The highest BCUT2D eigenvalue weighted by Crippen LogP contribution is 2.30. The van der Waals surface area contributed by atoms with Crippen molar-refractivity contribution in [3.8, 4) is 11.4 Å². The third-order valence-electron chi connectivity index (χ3n) is 5.69. The molecule has 176 valence electrons. The maximum Gasteiger partial charge on any atom is 0.234 e. The molecule has 0 unspecified atom stereocenters. The topological polar surface area (TPSA) is 93.0 Å². The Balaban J connectivity index is 1.33. The van der Waals surface area contributed by atoms with Gasteiger partial charge >= 0.3 is 0 Å². The average Bonchev–Trinajstić information content (AvgIpc) is 3.50. The lowest BCUT2D eigenvalue weighted by Crippen LogP contribution is -2.26. The normalized spacial score (nSPS) is 13.3. The number of para-hydroxylation sites is 2. The fourth-order valence-corrected chi connectivity index (χ4v) is 4.78. The first-order valence-corrected chi connectivity index (χ1v) is 12.4. The number of hydrogen-bond acceptors (Lipinski definition) is 6. The van der Waals surface area contributed by atoms with E-state index in [2.05, 4.69) is 20.5 Å². The summed E-state index contributed by atoms with van der Waals surface area (Å²) in [7, 11) is 0. The first kappa shape index (κ1) is 22.8. The van der Waals surface area contributed by atoms with Crippen LogP contribution in [0.2, 0.25) is 0 Å². The number of anilines is 2. The highest BCUT2D eigenvalue weighted by Gasteiger charge is 2.24. The first-order chi connectivity index (χ1) is 17.2. The Bertz CT molecular complexity index is 1330. The van der Waals surface area contributed by atoms with Crippen molar-refractivity contribution in [3.05, 3.63) is 84.7 Å². The van der Waals surface area contributed by atoms with Gasteiger partial charge in [0, 0.05) is 30.9 Å².